The Morgan fingerprint density at radius 3 is 2.69 bits per heavy atom. The molecule has 0 bridgehead atoms. The second-order valence-corrected chi connectivity index (χ2v) is 9.15. The van der Waals surface area contributed by atoms with Crippen LogP contribution in [0, 0.1) is 11.8 Å². The van der Waals surface area contributed by atoms with E-state index >= 15 is 0 Å². The van der Waals surface area contributed by atoms with E-state index < -0.39 is 0 Å². The predicted molar refractivity (Wildman–Crippen MR) is 115 cm³/mol. The second kappa shape index (κ2) is 7.76. The fourth-order valence-corrected chi connectivity index (χ4v) is 5.43. The molecule has 2 aliphatic rings. The monoisotopic (exact) mass is 407 g/mol. The minimum Gasteiger partial charge on any atom is -0.431 e. The fraction of sp³-hybridized carbons (Fsp3) is 0.391. The predicted octanol–water partition coefficient (Wildman–Crippen LogP) is 4.39. The zero-order chi connectivity index (χ0) is 19.8. The Bertz CT molecular complexity index is 983. The molecule has 1 aromatic heterocycles. The molecule has 0 aliphatic carbocycles. The highest BCUT2D eigenvalue weighted by molar-refractivity contribution is 7.20. The minimum absolute atomic E-state index is 0.214. The lowest BCUT2D eigenvalue weighted by atomic mass is 9.89. The van der Waals surface area contributed by atoms with Crippen molar-refractivity contribution in [2.24, 2.45) is 11.8 Å². The molecule has 5 rings (SSSR count). The van der Waals surface area contributed by atoms with Gasteiger partial charge in [-0.3, -0.25) is 9.69 Å². The number of fused-ring (bicyclic) bond motifs is 2. The average molecular weight is 408 g/mol. The van der Waals surface area contributed by atoms with E-state index in [0.29, 0.717) is 11.1 Å². The lowest BCUT2D eigenvalue weighted by molar-refractivity contribution is -0.131. The number of aromatic nitrogens is 1. The number of hydrogen-bond acceptors (Lipinski definition) is 5. The number of likely N-dealkylation sites (tertiary alicyclic amines) is 2. The Kier molecular flexibility index (Phi) is 4.97. The Labute approximate surface area is 174 Å². The molecular formula is C23H25N3O2S. The van der Waals surface area contributed by atoms with Crippen molar-refractivity contribution in [1.29, 1.82) is 0 Å². The van der Waals surface area contributed by atoms with E-state index in [4.69, 9.17) is 4.74 Å². The summed E-state index contributed by atoms with van der Waals surface area (Å²) in [4.78, 5) is 20.7. The van der Waals surface area contributed by atoms with Crippen molar-refractivity contribution >= 4 is 27.5 Å². The quantitative estimate of drug-likeness (QED) is 0.644. The number of hydrogen-bond donors (Lipinski definition) is 0. The molecule has 0 saturated carbocycles. The van der Waals surface area contributed by atoms with E-state index in [1.54, 1.807) is 18.3 Å². The number of carbonyl (C=O) groups is 1. The molecule has 2 fully saturated rings. The molecule has 6 heteroatoms. The van der Waals surface area contributed by atoms with Crippen molar-refractivity contribution < 1.29 is 9.53 Å². The first-order valence-corrected chi connectivity index (χ1v) is 11.1. The normalized spacial score (nSPS) is 22.0. The van der Waals surface area contributed by atoms with Crippen LogP contribution in [0.25, 0.3) is 10.2 Å². The lowest BCUT2D eigenvalue weighted by Crippen LogP contribution is -2.42. The van der Waals surface area contributed by atoms with Crippen LogP contribution in [0.5, 0.6) is 10.9 Å². The highest BCUT2D eigenvalue weighted by atomic mass is 32.1. The molecule has 3 aromatic rings. The molecule has 29 heavy (non-hydrogen) atoms. The molecule has 0 radical (unpaired) electrons. The Morgan fingerprint density at radius 2 is 1.90 bits per heavy atom. The third-order valence-electron chi connectivity index (χ3n) is 6.13. The van der Waals surface area contributed by atoms with Gasteiger partial charge in [0.2, 0.25) is 5.91 Å². The summed E-state index contributed by atoms with van der Waals surface area (Å²) in [6.45, 7) is 6.70. The maximum atomic E-state index is 11.7. The molecule has 1 amide bonds. The smallest absolute Gasteiger partial charge is 0.279 e. The number of nitrogens with zero attached hydrogens (tertiary/aromatic N) is 3. The van der Waals surface area contributed by atoms with Gasteiger partial charge >= 0.3 is 0 Å². The van der Waals surface area contributed by atoms with Crippen LogP contribution in [0.3, 0.4) is 0 Å². The minimum atomic E-state index is 0.214. The number of piperidine rings is 1. The third-order valence-corrected chi connectivity index (χ3v) is 7.05. The largest absolute Gasteiger partial charge is 0.431 e. The topological polar surface area (TPSA) is 45.7 Å². The standard InChI is InChI=1S/C23H25N3O2S/c1-16(27)26-11-10-18-13-25(14-19(18)15-26)12-17-6-8-20(9-7-17)28-23-24-21-4-2-3-5-22(21)29-23/h2-9,18-19H,10-15H2,1H3. The number of carbonyl (C=O) groups excluding carboxylic acids is 1. The van der Waals surface area contributed by atoms with Crippen molar-refractivity contribution in [3.8, 4) is 10.9 Å². The molecule has 0 spiro atoms. The summed E-state index contributed by atoms with van der Waals surface area (Å²) in [5.74, 6) is 2.38. The average Bonchev–Trinajstić information content (AvgIpc) is 3.31. The van der Waals surface area contributed by atoms with Crippen LogP contribution < -0.4 is 4.74 Å². The van der Waals surface area contributed by atoms with Gasteiger partial charge in [-0.1, -0.05) is 35.6 Å². The molecule has 2 atom stereocenters. The summed E-state index contributed by atoms with van der Waals surface area (Å²) in [5.41, 5.74) is 2.27. The van der Waals surface area contributed by atoms with Gasteiger partial charge in [0.1, 0.15) is 5.75 Å². The summed E-state index contributed by atoms with van der Waals surface area (Å²) in [7, 11) is 0. The van der Waals surface area contributed by atoms with Crippen molar-refractivity contribution in [1.82, 2.24) is 14.8 Å². The first-order chi connectivity index (χ1) is 14.1. The van der Waals surface area contributed by atoms with Gasteiger partial charge in [0, 0.05) is 39.6 Å². The van der Waals surface area contributed by atoms with Crippen molar-refractivity contribution in [3.63, 3.8) is 0 Å². The van der Waals surface area contributed by atoms with Crippen LogP contribution in [0.1, 0.15) is 18.9 Å². The van der Waals surface area contributed by atoms with Crippen LogP contribution >= 0.6 is 11.3 Å². The molecule has 5 nitrogen and oxygen atoms in total. The zero-order valence-electron chi connectivity index (χ0n) is 16.6. The number of rotatable bonds is 4. The van der Waals surface area contributed by atoms with E-state index in [1.807, 2.05) is 35.2 Å². The molecule has 3 heterocycles. The van der Waals surface area contributed by atoms with Crippen LogP contribution in [0.2, 0.25) is 0 Å². The van der Waals surface area contributed by atoms with E-state index in [2.05, 4.69) is 28.1 Å². The molecule has 2 saturated heterocycles. The first-order valence-electron chi connectivity index (χ1n) is 10.2. The molecular weight excluding hydrogens is 382 g/mol. The lowest BCUT2D eigenvalue weighted by Gasteiger charge is -2.33. The van der Waals surface area contributed by atoms with Crippen molar-refractivity contribution in [2.75, 3.05) is 26.2 Å². The zero-order valence-corrected chi connectivity index (χ0v) is 17.4. The maximum absolute atomic E-state index is 11.7. The van der Waals surface area contributed by atoms with E-state index in [0.717, 1.165) is 61.0 Å². The number of thiazole rings is 1. The molecule has 2 aliphatic heterocycles. The molecule has 150 valence electrons. The number of ether oxygens (including phenoxy) is 1. The van der Waals surface area contributed by atoms with Gasteiger partial charge in [-0.25, -0.2) is 4.98 Å². The summed E-state index contributed by atoms with van der Waals surface area (Å²) < 4.78 is 7.09. The van der Waals surface area contributed by atoms with Gasteiger partial charge in [0.15, 0.2) is 0 Å². The molecule has 2 unspecified atom stereocenters. The van der Waals surface area contributed by atoms with Gasteiger partial charge in [0.05, 0.1) is 10.2 Å². The van der Waals surface area contributed by atoms with Crippen LogP contribution in [0.4, 0.5) is 0 Å². The van der Waals surface area contributed by atoms with Crippen LogP contribution in [-0.2, 0) is 11.3 Å². The highest BCUT2D eigenvalue weighted by Crippen LogP contribution is 2.33. The Balaban J connectivity index is 1.19. The summed E-state index contributed by atoms with van der Waals surface area (Å²) in [6, 6.07) is 16.4. The van der Waals surface area contributed by atoms with E-state index in [1.165, 1.54) is 5.56 Å². The van der Waals surface area contributed by atoms with Gasteiger partial charge in [-0.2, -0.15) is 0 Å². The summed E-state index contributed by atoms with van der Waals surface area (Å²) in [6.07, 6.45) is 1.13. The Hall–Kier alpha value is -2.44. The summed E-state index contributed by atoms with van der Waals surface area (Å²) in [5, 5.41) is 0.678. The molecule has 2 aromatic carbocycles. The molecule has 0 N–H and O–H groups in total. The maximum Gasteiger partial charge on any atom is 0.279 e. The van der Waals surface area contributed by atoms with Gasteiger partial charge < -0.3 is 9.64 Å². The van der Waals surface area contributed by atoms with Crippen LogP contribution in [0.15, 0.2) is 48.5 Å². The number of amides is 1. The second-order valence-electron chi connectivity index (χ2n) is 8.16. The summed E-state index contributed by atoms with van der Waals surface area (Å²) >= 11 is 1.57. The third kappa shape index (κ3) is 4.00. The Morgan fingerprint density at radius 1 is 1.10 bits per heavy atom. The first kappa shape index (κ1) is 18.6. The van der Waals surface area contributed by atoms with Crippen molar-refractivity contribution in [3.05, 3.63) is 54.1 Å². The van der Waals surface area contributed by atoms with E-state index in [9.17, 15) is 4.79 Å². The van der Waals surface area contributed by atoms with Crippen LogP contribution in [-0.4, -0.2) is 46.9 Å². The van der Waals surface area contributed by atoms with Crippen molar-refractivity contribution in [2.45, 2.75) is 19.9 Å². The van der Waals surface area contributed by atoms with Gasteiger partial charge in [0.25, 0.3) is 5.19 Å². The van der Waals surface area contributed by atoms with E-state index in [-0.39, 0.29) is 5.91 Å². The van der Waals surface area contributed by atoms with Gasteiger partial charge in [-0.15, -0.1) is 0 Å². The number of benzene rings is 2. The fourth-order valence-electron chi connectivity index (χ4n) is 4.60. The highest BCUT2D eigenvalue weighted by Gasteiger charge is 2.37. The SMILES string of the molecule is CC(=O)N1CCC2CN(Cc3ccc(Oc4nc5ccccc5s4)cc3)CC2C1. The van der Waals surface area contributed by atoms with Gasteiger partial charge in [-0.05, 0) is 48.1 Å². The number of para-hydroxylation sites is 1.